The number of nitrogens with one attached hydrogen (secondary N) is 1. The van der Waals surface area contributed by atoms with Crippen molar-refractivity contribution >= 4 is 0 Å². The lowest BCUT2D eigenvalue weighted by Gasteiger charge is -2.21. The molecule has 0 aliphatic rings. The quantitative estimate of drug-likeness (QED) is 0.817. The summed E-state index contributed by atoms with van der Waals surface area (Å²) in [6.45, 7) is 9.69. The summed E-state index contributed by atoms with van der Waals surface area (Å²) in [6.07, 6.45) is 2.13. The lowest BCUT2D eigenvalue weighted by atomic mass is 9.93. The average molecular weight is 249 g/mol. The summed E-state index contributed by atoms with van der Waals surface area (Å²) in [7, 11) is 2.00. The molecule has 0 aliphatic carbocycles. The summed E-state index contributed by atoms with van der Waals surface area (Å²) in [5, 5.41) is 3.34. The Labute approximate surface area is 112 Å². The third-order valence-corrected chi connectivity index (χ3v) is 3.16. The largest absolute Gasteiger partial charge is 0.493 e. The molecule has 102 valence electrons. The van der Waals surface area contributed by atoms with E-state index in [1.165, 1.54) is 5.56 Å². The van der Waals surface area contributed by atoms with Crippen LogP contribution in [0.15, 0.2) is 24.3 Å². The first-order valence-corrected chi connectivity index (χ1v) is 6.87. The van der Waals surface area contributed by atoms with Crippen molar-refractivity contribution in [3.05, 3.63) is 29.8 Å². The molecule has 0 aliphatic heterocycles. The van der Waals surface area contributed by atoms with Crippen molar-refractivity contribution in [1.29, 1.82) is 0 Å². The van der Waals surface area contributed by atoms with Gasteiger partial charge >= 0.3 is 0 Å². The van der Waals surface area contributed by atoms with E-state index >= 15 is 0 Å². The van der Waals surface area contributed by atoms with E-state index in [1.807, 2.05) is 13.1 Å². The molecule has 0 saturated carbocycles. The predicted molar refractivity (Wildman–Crippen MR) is 78.1 cm³/mol. The molecule has 1 aromatic rings. The second-order valence-corrected chi connectivity index (χ2v) is 5.95. The average Bonchev–Trinajstić information content (AvgIpc) is 2.31. The van der Waals surface area contributed by atoms with Crippen LogP contribution in [0, 0.1) is 5.41 Å². The molecule has 1 atom stereocenters. The van der Waals surface area contributed by atoms with Gasteiger partial charge in [-0.25, -0.2) is 0 Å². The Morgan fingerprint density at radius 1 is 1.22 bits per heavy atom. The molecule has 1 N–H and O–H groups in total. The zero-order chi connectivity index (χ0) is 13.6. The van der Waals surface area contributed by atoms with Crippen molar-refractivity contribution in [2.45, 2.75) is 46.6 Å². The van der Waals surface area contributed by atoms with Crippen molar-refractivity contribution in [3.63, 3.8) is 0 Å². The number of hydrogen-bond acceptors (Lipinski definition) is 2. The molecule has 18 heavy (non-hydrogen) atoms. The summed E-state index contributed by atoms with van der Waals surface area (Å²) < 4.78 is 5.96. The summed E-state index contributed by atoms with van der Waals surface area (Å²) >= 11 is 0. The Balaban J connectivity index is 2.70. The van der Waals surface area contributed by atoms with Crippen LogP contribution < -0.4 is 10.1 Å². The van der Waals surface area contributed by atoms with E-state index in [0.717, 1.165) is 25.2 Å². The predicted octanol–water partition coefficient (Wildman–Crippen LogP) is 4.17. The highest BCUT2D eigenvalue weighted by Gasteiger charge is 2.14. The number of ether oxygens (including phenoxy) is 1. The van der Waals surface area contributed by atoms with Crippen molar-refractivity contribution in [1.82, 2.24) is 5.32 Å². The highest BCUT2D eigenvalue weighted by Crippen LogP contribution is 2.27. The van der Waals surface area contributed by atoms with Crippen LogP contribution in [-0.2, 0) is 0 Å². The van der Waals surface area contributed by atoms with Crippen molar-refractivity contribution < 1.29 is 4.74 Å². The van der Waals surface area contributed by atoms with Gasteiger partial charge in [-0.3, -0.25) is 0 Å². The van der Waals surface area contributed by atoms with Crippen LogP contribution in [0.25, 0.3) is 0 Å². The molecular weight excluding hydrogens is 222 g/mol. The van der Waals surface area contributed by atoms with Gasteiger partial charge in [-0.15, -0.1) is 0 Å². The summed E-state index contributed by atoms with van der Waals surface area (Å²) in [6, 6.07) is 8.70. The molecule has 0 heterocycles. The Hall–Kier alpha value is -1.02. The summed E-state index contributed by atoms with van der Waals surface area (Å²) in [5.41, 5.74) is 1.58. The maximum atomic E-state index is 5.96. The van der Waals surface area contributed by atoms with E-state index in [0.29, 0.717) is 11.5 Å². The first-order valence-electron chi connectivity index (χ1n) is 6.87. The fourth-order valence-corrected chi connectivity index (χ4v) is 1.95. The molecule has 1 rings (SSSR count). The molecule has 0 amide bonds. The third kappa shape index (κ3) is 4.69. The van der Waals surface area contributed by atoms with Gasteiger partial charge in [0.25, 0.3) is 0 Å². The van der Waals surface area contributed by atoms with Crippen molar-refractivity contribution in [2.75, 3.05) is 13.7 Å². The number of benzene rings is 1. The Morgan fingerprint density at radius 3 is 2.44 bits per heavy atom. The highest BCUT2D eigenvalue weighted by atomic mass is 16.5. The van der Waals surface area contributed by atoms with E-state index < -0.39 is 0 Å². The molecule has 0 spiro atoms. The van der Waals surface area contributed by atoms with Crippen LogP contribution in [0.1, 0.15) is 52.1 Å². The van der Waals surface area contributed by atoms with Crippen LogP contribution in [0.5, 0.6) is 5.75 Å². The molecule has 0 saturated heterocycles. The highest BCUT2D eigenvalue weighted by molar-refractivity contribution is 5.35. The second kappa shape index (κ2) is 6.79. The molecule has 0 fully saturated rings. The topological polar surface area (TPSA) is 21.3 Å². The molecule has 2 nitrogen and oxygen atoms in total. The summed E-state index contributed by atoms with van der Waals surface area (Å²) in [5.74, 6) is 1.02. The monoisotopic (exact) mass is 249 g/mol. The van der Waals surface area contributed by atoms with Crippen LogP contribution in [0.3, 0.4) is 0 Å². The van der Waals surface area contributed by atoms with Gasteiger partial charge in [0.1, 0.15) is 5.75 Å². The van der Waals surface area contributed by atoms with Crippen LogP contribution in [0.4, 0.5) is 0 Å². The van der Waals surface area contributed by atoms with Crippen LogP contribution in [-0.4, -0.2) is 13.7 Å². The van der Waals surface area contributed by atoms with Gasteiger partial charge in [0.05, 0.1) is 6.61 Å². The standard InChI is InChI=1S/C16H27NO/c1-6-14(17-5)13-9-7-8-10-15(13)18-12-11-16(2,3)4/h7-10,14,17H,6,11-12H2,1-5H3. The Bertz CT molecular complexity index is 350. The van der Waals surface area contributed by atoms with Gasteiger partial charge in [0.2, 0.25) is 0 Å². The van der Waals surface area contributed by atoms with E-state index in [2.05, 4.69) is 51.2 Å². The lowest BCUT2D eigenvalue weighted by molar-refractivity contribution is 0.240. The number of para-hydroxylation sites is 1. The van der Waals surface area contributed by atoms with Crippen LogP contribution in [0.2, 0.25) is 0 Å². The first-order chi connectivity index (χ1) is 8.48. The molecule has 1 aromatic carbocycles. The van der Waals surface area contributed by atoms with E-state index in [9.17, 15) is 0 Å². The summed E-state index contributed by atoms with van der Waals surface area (Å²) in [4.78, 5) is 0. The minimum Gasteiger partial charge on any atom is -0.493 e. The SMILES string of the molecule is CCC(NC)c1ccccc1OCCC(C)(C)C. The molecule has 0 aromatic heterocycles. The molecule has 0 bridgehead atoms. The maximum Gasteiger partial charge on any atom is 0.124 e. The third-order valence-electron chi connectivity index (χ3n) is 3.16. The fraction of sp³-hybridized carbons (Fsp3) is 0.625. The fourth-order valence-electron chi connectivity index (χ4n) is 1.95. The Morgan fingerprint density at radius 2 is 1.89 bits per heavy atom. The van der Waals surface area contributed by atoms with E-state index in [1.54, 1.807) is 0 Å². The second-order valence-electron chi connectivity index (χ2n) is 5.95. The van der Waals surface area contributed by atoms with Crippen LogP contribution >= 0.6 is 0 Å². The Kier molecular flexibility index (Phi) is 5.67. The minimum atomic E-state index is 0.322. The van der Waals surface area contributed by atoms with Gasteiger partial charge in [-0.2, -0.15) is 0 Å². The molecule has 2 heteroatoms. The molecule has 1 unspecified atom stereocenters. The zero-order valence-electron chi connectivity index (χ0n) is 12.4. The van der Waals surface area contributed by atoms with Crippen molar-refractivity contribution in [2.24, 2.45) is 5.41 Å². The van der Waals surface area contributed by atoms with Gasteiger partial charge in [0, 0.05) is 11.6 Å². The number of hydrogen-bond donors (Lipinski definition) is 1. The number of rotatable bonds is 6. The van der Waals surface area contributed by atoms with E-state index in [4.69, 9.17) is 4.74 Å². The van der Waals surface area contributed by atoms with Gasteiger partial charge in [-0.05, 0) is 31.4 Å². The minimum absolute atomic E-state index is 0.322. The zero-order valence-corrected chi connectivity index (χ0v) is 12.4. The first kappa shape index (κ1) is 15.0. The maximum absolute atomic E-state index is 5.96. The molecular formula is C16H27NO. The lowest BCUT2D eigenvalue weighted by Crippen LogP contribution is -2.17. The normalized spacial score (nSPS) is 13.4. The van der Waals surface area contributed by atoms with Gasteiger partial charge in [-0.1, -0.05) is 45.9 Å². The van der Waals surface area contributed by atoms with Crippen molar-refractivity contribution in [3.8, 4) is 5.75 Å². The van der Waals surface area contributed by atoms with Gasteiger partial charge < -0.3 is 10.1 Å². The van der Waals surface area contributed by atoms with Gasteiger partial charge in [0.15, 0.2) is 0 Å². The van der Waals surface area contributed by atoms with E-state index in [-0.39, 0.29) is 0 Å². The smallest absolute Gasteiger partial charge is 0.124 e. The molecule has 0 radical (unpaired) electrons.